The van der Waals surface area contributed by atoms with Gasteiger partial charge in [0.2, 0.25) is 0 Å². The molecule has 0 unspecified atom stereocenters. The summed E-state index contributed by atoms with van der Waals surface area (Å²) in [4.78, 5) is 4.91. The quantitative estimate of drug-likeness (QED) is 0.674. The molecular weight excluding hydrogens is 334 g/mol. The number of nitrogens with zero attached hydrogens (tertiary/aromatic N) is 3. The third-order valence-corrected chi connectivity index (χ3v) is 5.82. The van der Waals surface area contributed by atoms with E-state index in [1.807, 2.05) is 0 Å². The summed E-state index contributed by atoms with van der Waals surface area (Å²) in [7, 11) is 6.05. The van der Waals surface area contributed by atoms with Gasteiger partial charge in [-0.05, 0) is 68.6 Å². The van der Waals surface area contributed by atoms with Gasteiger partial charge in [0.05, 0.1) is 6.61 Å². The van der Waals surface area contributed by atoms with Crippen molar-refractivity contribution in [1.82, 2.24) is 14.4 Å². The number of methoxy groups -OCH3 is 1. The van der Waals surface area contributed by atoms with E-state index in [1.165, 1.54) is 49.2 Å². The number of aryl methyl sites for hydroxylation is 1. The summed E-state index contributed by atoms with van der Waals surface area (Å²) in [5.41, 5.74) is 4.29. The molecule has 148 valence electrons. The van der Waals surface area contributed by atoms with Gasteiger partial charge in [-0.3, -0.25) is 9.80 Å². The average Bonchev–Trinajstić information content (AvgIpc) is 3.08. The summed E-state index contributed by atoms with van der Waals surface area (Å²) in [6, 6.07) is 13.6. The van der Waals surface area contributed by atoms with Crippen molar-refractivity contribution in [2.24, 2.45) is 13.0 Å². The van der Waals surface area contributed by atoms with Gasteiger partial charge >= 0.3 is 0 Å². The van der Waals surface area contributed by atoms with Gasteiger partial charge in [0.15, 0.2) is 0 Å². The number of hydrogen-bond donors (Lipinski definition) is 0. The van der Waals surface area contributed by atoms with E-state index < -0.39 is 0 Å². The number of benzene rings is 1. The molecular formula is C23H35N3O. The van der Waals surface area contributed by atoms with Crippen molar-refractivity contribution in [2.45, 2.75) is 32.4 Å². The maximum Gasteiger partial charge on any atom is 0.0589 e. The first-order valence-corrected chi connectivity index (χ1v) is 10.2. The van der Waals surface area contributed by atoms with Crippen molar-refractivity contribution in [1.29, 1.82) is 0 Å². The lowest BCUT2D eigenvalue weighted by atomic mass is 9.90. The molecule has 2 heterocycles. The zero-order valence-corrected chi connectivity index (χ0v) is 17.2. The van der Waals surface area contributed by atoms with Crippen LogP contribution in [0.15, 0.2) is 42.6 Å². The van der Waals surface area contributed by atoms with Gasteiger partial charge in [-0.15, -0.1) is 0 Å². The van der Waals surface area contributed by atoms with Crippen LogP contribution in [0.2, 0.25) is 0 Å². The van der Waals surface area contributed by atoms with Crippen molar-refractivity contribution < 1.29 is 4.74 Å². The van der Waals surface area contributed by atoms with E-state index in [1.54, 1.807) is 7.11 Å². The van der Waals surface area contributed by atoms with E-state index in [-0.39, 0.29) is 0 Å². The number of likely N-dealkylation sites (tertiary alicyclic amines) is 1. The predicted molar refractivity (Wildman–Crippen MR) is 112 cm³/mol. The minimum absolute atomic E-state index is 0.789. The molecule has 0 aliphatic carbocycles. The Morgan fingerprint density at radius 1 is 1.07 bits per heavy atom. The highest BCUT2D eigenvalue weighted by Crippen LogP contribution is 2.23. The largest absolute Gasteiger partial charge is 0.383 e. The summed E-state index contributed by atoms with van der Waals surface area (Å²) in [5, 5.41) is 0. The first kappa shape index (κ1) is 20.1. The Morgan fingerprint density at radius 2 is 1.78 bits per heavy atom. The number of aromatic nitrogens is 1. The van der Waals surface area contributed by atoms with E-state index in [4.69, 9.17) is 4.74 Å². The molecule has 0 atom stereocenters. The molecule has 1 aromatic heterocycles. The molecule has 2 aromatic rings. The highest BCUT2D eigenvalue weighted by atomic mass is 16.5. The third kappa shape index (κ3) is 6.20. The molecule has 27 heavy (non-hydrogen) atoms. The van der Waals surface area contributed by atoms with Crippen molar-refractivity contribution in [3.8, 4) is 0 Å². The van der Waals surface area contributed by atoms with E-state index in [2.05, 4.69) is 71.1 Å². The van der Waals surface area contributed by atoms with Crippen molar-refractivity contribution in [3.63, 3.8) is 0 Å². The molecule has 0 saturated carbocycles. The summed E-state index contributed by atoms with van der Waals surface area (Å²) in [6.07, 6.45) is 5.98. The maximum absolute atomic E-state index is 5.15. The summed E-state index contributed by atoms with van der Waals surface area (Å²) < 4.78 is 7.39. The lowest BCUT2D eigenvalue weighted by molar-refractivity contribution is 0.158. The minimum Gasteiger partial charge on any atom is -0.383 e. The van der Waals surface area contributed by atoms with Crippen LogP contribution in [0.3, 0.4) is 0 Å². The van der Waals surface area contributed by atoms with Gasteiger partial charge in [0.1, 0.15) is 0 Å². The predicted octanol–water partition coefficient (Wildman–Crippen LogP) is 3.56. The zero-order chi connectivity index (χ0) is 19.1. The van der Waals surface area contributed by atoms with Gasteiger partial charge < -0.3 is 9.30 Å². The van der Waals surface area contributed by atoms with Crippen LogP contribution >= 0.6 is 0 Å². The SMILES string of the molecule is COCCN(C)Cc1ccc(CC2CCN(Cc3cccn3C)CC2)cc1. The van der Waals surface area contributed by atoms with E-state index >= 15 is 0 Å². The number of ether oxygens (including phenoxy) is 1. The minimum atomic E-state index is 0.789. The first-order valence-electron chi connectivity index (χ1n) is 10.2. The van der Waals surface area contributed by atoms with Gasteiger partial charge in [-0.2, -0.15) is 0 Å². The Kier molecular flexibility index (Phi) is 7.50. The van der Waals surface area contributed by atoms with Crippen molar-refractivity contribution in [2.75, 3.05) is 40.4 Å². The molecule has 1 fully saturated rings. The molecule has 1 aromatic carbocycles. The van der Waals surface area contributed by atoms with Crippen LogP contribution in [0.4, 0.5) is 0 Å². The van der Waals surface area contributed by atoms with E-state index in [9.17, 15) is 0 Å². The molecule has 0 spiro atoms. The highest BCUT2D eigenvalue weighted by Gasteiger charge is 2.20. The Bertz CT molecular complexity index is 671. The molecule has 1 aliphatic heterocycles. The summed E-state index contributed by atoms with van der Waals surface area (Å²) in [6.45, 7) is 6.27. The maximum atomic E-state index is 5.15. The molecule has 1 aliphatic rings. The molecule has 0 bridgehead atoms. The number of piperidine rings is 1. The van der Waals surface area contributed by atoms with Crippen LogP contribution in [0.5, 0.6) is 0 Å². The van der Waals surface area contributed by atoms with Crippen molar-refractivity contribution >= 4 is 0 Å². The average molecular weight is 370 g/mol. The lowest BCUT2D eigenvalue weighted by Gasteiger charge is -2.32. The number of likely N-dealkylation sites (N-methyl/N-ethyl adjacent to an activating group) is 1. The van der Waals surface area contributed by atoms with Crippen molar-refractivity contribution in [3.05, 3.63) is 59.4 Å². The lowest BCUT2D eigenvalue weighted by Crippen LogP contribution is -2.34. The molecule has 0 amide bonds. The van der Waals surface area contributed by atoms with Crippen LogP contribution in [0.1, 0.15) is 29.7 Å². The molecule has 1 saturated heterocycles. The van der Waals surface area contributed by atoms with E-state index in [0.717, 1.165) is 32.2 Å². The summed E-state index contributed by atoms with van der Waals surface area (Å²) >= 11 is 0. The van der Waals surface area contributed by atoms with Crippen LogP contribution in [0.25, 0.3) is 0 Å². The van der Waals surface area contributed by atoms with Gasteiger partial charge in [0.25, 0.3) is 0 Å². The van der Waals surface area contributed by atoms with Crippen LogP contribution < -0.4 is 0 Å². The smallest absolute Gasteiger partial charge is 0.0589 e. The third-order valence-electron chi connectivity index (χ3n) is 5.82. The second-order valence-corrected chi connectivity index (χ2v) is 8.08. The standard InChI is InChI=1S/C23H35N3O/c1-24(15-16-27-3)18-22-8-6-20(7-9-22)17-21-10-13-26(14-11-21)19-23-5-4-12-25(23)2/h4-9,12,21H,10-11,13-19H2,1-3H3. The molecule has 4 heteroatoms. The fraction of sp³-hybridized carbons (Fsp3) is 0.565. The zero-order valence-electron chi connectivity index (χ0n) is 17.2. The Hall–Kier alpha value is -1.62. The Morgan fingerprint density at radius 3 is 2.41 bits per heavy atom. The topological polar surface area (TPSA) is 20.6 Å². The molecule has 0 radical (unpaired) electrons. The summed E-state index contributed by atoms with van der Waals surface area (Å²) in [5.74, 6) is 0.824. The fourth-order valence-electron chi connectivity index (χ4n) is 3.99. The van der Waals surface area contributed by atoms with Gasteiger partial charge in [-0.1, -0.05) is 24.3 Å². The van der Waals surface area contributed by atoms with Crippen LogP contribution in [0, 0.1) is 5.92 Å². The number of hydrogen-bond acceptors (Lipinski definition) is 3. The molecule has 3 rings (SSSR count). The fourth-order valence-corrected chi connectivity index (χ4v) is 3.99. The van der Waals surface area contributed by atoms with Gasteiger partial charge in [0, 0.05) is 45.7 Å². The van der Waals surface area contributed by atoms with Crippen LogP contribution in [-0.4, -0.2) is 54.8 Å². The highest BCUT2D eigenvalue weighted by molar-refractivity contribution is 5.23. The molecule has 0 N–H and O–H groups in total. The first-order chi connectivity index (χ1) is 13.1. The Labute approximate surface area is 164 Å². The number of rotatable bonds is 9. The Balaban J connectivity index is 1.41. The van der Waals surface area contributed by atoms with Crippen LogP contribution in [-0.2, 0) is 31.3 Å². The normalized spacial score (nSPS) is 16.3. The van der Waals surface area contributed by atoms with Gasteiger partial charge in [-0.25, -0.2) is 0 Å². The monoisotopic (exact) mass is 369 g/mol. The second kappa shape index (κ2) is 10.1. The van der Waals surface area contributed by atoms with E-state index in [0.29, 0.717) is 0 Å². The molecule has 4 nitrogen and oxygen atoms in total. The second-order valence-electron chi connectivity index (χ2n) is 8.08.